The van der Waals surface area contributed by atoms with Crippen molar-refractivity contribution in [3.8, 4) is 0 Å². The first-order valence-electron chi connectivity index (χ1n) is 8.83. The van der Waals surface area contributed by atoms with Crippen molar-refractivity contribution in [2.45, 2.75) is 6.17 Å². The number of rotatable bonds is 4. The first-order valence-corrected chi connectivity index (χ1v) is 8.83. The number of aliphatic imine (C=N–C) groups is 1. The van der Waals surface area contributed by atoms with Gasteiger partial charge in [0.2, 0.25) is 5.78 Å². The number of hydrogen-bond acceptors (Lipinski definition) is 5. The lowest BCUT2D eigenvalue weighted by Crippen LogP contribution is -2.31. The summed E-state index contributed by atoms with van der Waals surface area (Å²) in [4.78, 5) is 29.0. The van der Waals surface area contributed by atoms with Crippen molar-refractivity contribution in [1.82, 2.24) is 5.43 Å². The molecular formula is C20H14F3N5O2. The number of hydrogen-bond donors (Lipinski definition) is 3. The molecule has 0 aliphatic carbocycles. The molecule has 2 heterocycles. The molecule has 2 aliphatic heterocycles. The third-order valence-electron chi connectivity index (χ3n) is 4.47. The van der Waals surface area contributed by atoms with Crippen LogP contribution in [0.1, 0.15) is 10.4 Å². The third kappa shape index (κ3) is 3.79. The predicted octanol–water partition coefficient (Wildman–Crippen LogP) is 3.47. The Bertz CT molecular complexity index is 1130. The normalized spacial score (nSPS) is 19.0. The Labute approximate surface area is 168 Å². The molecule has 152 valence electrons. The van der Waals surface area contributed by atoms with Gasteiger partial charge in [0.05, 0.1) is 17.2 Å². The number of nitrogens with one attached hydrogen (secondary N) is 3. The quantitative estimate of drug-likeness (QED) is 0.670. The van der Waals surface area contributed by atoms with E-state index in [1.54, 1.807) is 18.4 Å². The maximum atomic E-state index is 14.9. The lowest BCUT2D eigenvalue weighted by atomic mass is 9.92. The van der Waals surface area contributed by atoms with Crippen molar-refractivity contribution >= 4 is 35.1 Å². The van der Waals surface area contributed by atoms with Crippen LogP contribution in [0.5, 0.6) is 0 Å². The summed E-state index contributed by atoms with van der Waals surface area (Å²) in [6, 6.07) is 5.56. The smallest absolute Gasteiger partial charge is 0.308 e. The number of halogens is 3. The lowest BCUT2D eigenvalue weighted by Gasteiger charge is -2.16. The highest BCUT2D eigenvalue weighted by Gasteiger charge is 2.36. The van der Waals surface area contributed by atoms with E-state index in [-0.39, 0.29) is 11.4 Å². The first kappa shape index (κ1) is 19.4. The van der Waals surface area contributed by atoms with Crippen LogP contribution in [0, 0.1) is 23.4 Å². The molecule has 0 spiro atoms. The highest BCUT2D eigenvalue weighted by Crippen LogP contribution is 2.26. The largest absolute Gasteiger partial charge is 0.323 e. The zero-order valence-corrected chi connectivity index (χ0v) is 15.2. The van der Waals surface area contributed by atoms with Crippen molar-refractivity contribution in [1.29, 1.82) is 0 Å². The van der Waals surface area contributed by atoms with Gasteiger partial charge < -0.3 is 10.6 Å². The minimum atomic E-state index is -1.12. The van der Waals surface area contributed by atoms with Crippen molar-refractivity contribution < 1.29 is 22.8 Å². The lowest BCUT2D eigenvalue weighted by molar-refractivity contribution is 0.105. The molecule has 3 N–H and O–H groups in total. The monoisotopic (exact) mass is 413 g/mol. The van der Waals surface area contributed by atoms with Crippen LogP contribution in [0.2, 0.25) is 0 Å². The van der Waals surface area contributed by atoms with Gasteiger partial charge in [-0.25, -0.2) is 18.0 Å². The zero-order valence-electron chi connectivity index (χ0n) is 15.2. The summed E-state index contributed by atoms with van der Waals surface area (Å²) >= 11 is 0. The predicted molar refractivity (Wildman–Crippen MR) is 105 cm³/mol. The van der Waals surface area contributed by atoms with Crippen LogP contribution in [-0.4, -0.2) is 29.9 Å². The standard InChI is InChI=1S/C20H14F3N5O2/c21-10-3-1-4-12(7-10)25-20(30)26-15-9-11(22)8-14(16(15)23)18(29)17-13-5-2-6-24-19(13)28-27-17/h1-9,13,19,28H,(H2,25,26,30). The van der Waals surface area contributed by atoms with E-state index < -0.39 is 52.6 Å². The Kier molecular flexibility index (Phi) is 5.05. The van der Waals surface area contributed by atoms with Gasteiger partial charge in [-0.05, 0) is 30.3 Å². The molecule has 0 fully saturated rings. The van der Waals surface area contributed by atoms with Crippen molar-refractivity contribution in [2.24, 2.45) is 16.0 Å². The number of hydrazone groups is 1. The summed E-state index contributed by atoms with van der Waals surface area (Å²) in [6.07, 6.45) is 4.36. The SMILES string of the molecule is O=C(Nc1cccc(F)c1)Nc1cc(F)cc(C(=O)C2=NNC3N=CC=CC23)c1F. The summed E-state index contributed by atoms with van der Waals surface area (Å²) in [6.45, 7) is 0. The maximum Gasteiger partial charge on any atom is 0.323 e. The van der Waals surface area contributed by atoms with Gasteiger partial charge >= 0.3 is 6.03 Å². The summed E-state index contributed by atoms with van der Waals surface area (Å²) in [7, 11) is 0. The number of fused-ring (bicyclic) bond motifs is 1. The second-order valence-corrected chi connectivity index (χ2v) is 6.51. The van der Waals surface area contributed by atoms with E-state index in [9.17, 15) is 22.8 Å². The van der Waals surface area contributed by atoms with E-state index in [0.29, 0.717) is 0 Å². The van der Waals surface area contributed by atoms with E-state index in [4.69, 9.17) is 0 Å². The molecule has 10 heteroatoms. The molecule has 4 rings (SSSR count). The number of nitrogens with zero attached hydrogens (tertiary/aromatic N) is 2. The van der Waals surface area contributed by atoms with Crippen LogP contribution in [-0.2, 0) is 0 Å². The Morgan fingerprint density at radius 2 is 1.87 bits per heavy atom. The van der Waals surface area contributed by atoms with Gasteiger partial charge in [0.15, 0.2) is 5.82 Å². The molecule has 2 aromatic carbocycles. The fraction of sp³-hybridized carbons (Fsp3) is 0.100. The molecule has 0 bridgehead atoms. The number of carbonyl (C=O) groups is 2. The fourth-order valence-corrected chi connectivity index (χ4v) is 3.11. The molecule has 2 amide bonds. The number of dihydropyridines is 1. The average Bonchev–Trinajstić information content (AvgIpc) is 3.14. The molecule has 2 unspecified atom stereocenters. The summed E-state index contributed by atoms with van der Waals surface area (Å²) in [5.41, 5.74) is 1.62. The summed E-state index contributed by atoms with van der Waals surface area (Å²) in [5.74, 6) is -3.98. The molecule has 30 heavy (non-hydrogen) atoms. The van der Waals surface area contributed by atoms with Crippen molar-refractivity contribution in [2.75, 3.05) is 10.6 Å². The van der Waals surface area contributed by atoms with Crippen LogP contribution in [0.25, 0.3) is 0 Å². The van der Waals surface area contributed by atoms with Gasteiger partial charge in [-0.15, -0.1) is 0 Å². The molecule has 0 saturated heterocycles. The van der Waals surface area contributed by atoms with Crippen LogP contribution >= 0.6 is 0 Å². The van der Waals surface area contributed by atoms with Crippen LogP contribution in [0.15, 0.2) is 58.6 Å². The van der Waals surface area contributed by atoms with E-state index >= 15 is 0 Å². The number of allylic oxidation sites excluding steroid dienone is 1. The first-order chi connectivity index (χ1) is 14.4. The van der Waals surface area contributed by atoms with Gasteiger partial charge in [-0.3, -0.25) is 15.2 Å². The molecule has 2 atom stereocenters. The Morgan fingerprint density at radius 3 is 2.67 bits per heavy atom. The fourth-order valence-electron chi connectivity index (χ4n) is 3.11. The average molecular weight is 413 g/mol. The highest BCUT2D eigenvalue weighted by molar-refractivity contribution is 6.47. The number of ketones is 1. The molecule has 2 aliphatic rings. The van der Waals surface area contributed by atoms with Crippen LogP contribution < -0.4 is 16.1 Å². The number of benzene rings is 2. The Hall–Kier alpha value is -3.95. The van der Waals surface area contributed by atoms with Gasteiger partial charge in [0.25, 0.3) is 0 Å². The van der Waals surface area contributed by atoms with Crippen molar-refractivity contribution in [3.63, 3.8) is 0 Å². The van der Waals surface area contributed by atoms with Gasteiger partial charge in [0, 0.05) is 18.0 Å². The third-order valence-corrected chi connectivity index (χ3v) is 4.47. The summed E-state index contributed by atoms with van der Waals surface area (Å²) < 4.78 is 42.2. The topological polar surface area (TPSA) is 95.0 Å². The Morgan fingerprint density at radius 1 is 1.03 bits per heavy atom. The minimum Gasteiger partial charge on any atom is -0.308 e. The van der Waals surface area contributed by atoms with Crippen LogP contribution in [0.3, 0.4) is 0 Å². The minimum absolute atomic E-state index is 0.0206. The number of Topliss-reactive ketones (excluding diaryl/α,β-unsaturated/α-hetero) is 1. The molecule has 2 aromatic rings. The maximum absolute atomic E-state index is 14.9. The second-order valence-electron chi connectivity index (χ2n) is 6.51. The number of amides is 2. The van der Waals surface area contributed by atoms with E-state index in [0.717, 1.165) is 18.2 Å². The van der Waals surface area contributed by atoms with Crippen LogP contribution in [0.4, 0.5) is 29.3 Å². The Balaban J connectivity index is 1.56. The number of urea groups is 1. The number of anilines is 2. The second kappa shape index (κ2) is 7.82. The van der Waals surface area contributed by atoms with Gasteiger partial charge in [0.1, 0.15) is 23.5 Å². The van der Waals surface area contributed by atoms with Gasteiger partial charge in [-0.2, -0.15) is 5.10 Å². The molecule has 7 nitrogen and oxygen atoms in total. The summed E-state index contributed by atoms with van der Waals surface area (Å²) in [5, 5.41) is 8.33. The zero-order chi connectivity index (χ0) is 21.3. The van der Waals surface area contributed by atoms with E-state index in [1.807, 2.05) is 0 Å². The highest BCUT2D eigenvalue weighted by atomic mass is 19.1. The number of carbonyl (C=O) groups excluding carboxylic acids is 2. The van der Waals surface area contributed by atoms with Crippen molar-refractivity contribution in [3.05, 3.63) is 71.6 Å². The van der Waals surface area contributed by atoms with Gasteiger partial charge in [-0.1, -0.05) is 12.1 Å². The molecule has 0 aromatic heterocycles. The molecule has 0 saturated carbocycles. The van der Waals surface area contributed by atoms with E-state index in [1.165, 1.54) is 18.2 Å². The molecular weight excluding hydrogens is 399 g/mol. The van der Waals surface area contributed by atoms with E-state index in [2.05, 4.69) is 26.2 Å². The molecule has 0 radical (unpaired) electrons.